The highest BCUT2D eigenvalue weighted by Crippen LogP contribution is 2.15. The number of rotatable bonds is 7. The van der Waals surface area contributed by atoms with Gasteiger partial charge in [0.1, 0.15) is 18.1 Å². The van der Waals surface area contributed by atoms with E-state index in [9.17, 15) is 9.90 Å². The van der Waals surface area contributed by atoms with E-state index in [0.29, 0.717) is 24.5 Å². The van der Waals surface area contributed by atoms with Crippen molar-refractivity contribution in [3.63, 3.8) is 0 Å². The van der Waals surface area contributed by atoms with E-state index in [0.717, 1.165) is 5.56 Å². The average Bonchev–Trinajstić information content (AvgIpc) is 2.54. The number of hydrogen-bond acceptors (Lipinski definition) is 4. The van der Waals surface area contributed by atoms with Gasteiger partial charge in [-0.15, -0.1) is 0 Å². The van der Waals surface area contributed by atoms with Crippen LogP contribution in [0.25, 0.3) is 6.08 Å². The van der Waals surface area contributed by atoms with Crippen molar-refractivity contribution >= 4 is 11.9 Å². The zero-order valence-electron chi connectivity index (χ0n) is 12.4. The zero-order chi connectivity index (χ0) is 15.8. The van der Waals surface area contributed by atoms with Gasteiger partial charge in [0.15, 0.2) is 5.78 Å². The van der Waals surface area contributed by atoms with E-state index in [4.69, 9.17) is 9.47 Å². The molecule has 0 amide bonds. The van der Waals surface area contributed by atoms with Gasteiger partial charge in [0, 0.05) is 12.7 Å². The van der Waals surface area contributed by atoms with Gasteiger partial charge in [0.25, 0.3) is 0 Å². The van der Waals surface area contributed by atoms with Crippen LogP contribution >= 0.6 is 0 Å². The number of ether oxygens (including phenoxy) is 2. The van der Waals surface area contributed by atoms with Gasteiger partial charge in [-0.1, -0.05) is 18.2 Å². The quantitative estimate of drug-likeness (QED) is 0.484. The molecule has 2 rings (SSSR count). The third-order valence-corrected chi connectivity index (χ3v) is 2.99. The number of ketones is 1. The Morgan fingerprint density at radius 1 is 1.14 bits per heavy atom. The normalized spacial score (nSPS) is 10.8. The summed E-state index contributed by atoms with van der Waals surface area (Å²) >= 11 is 0. The fourth-order valence-corrected chi connectivity index (χ4v) is 1.85. The summed E-state index contributed by atoms with van der Waals surface area (Å²) in [6, 6.07) is 13.7. The molecule has 0 aliphatic rings. The van der Waals surface area contributed by atoms with Gasteiger partial charge in [-0.2, -0.15) is 0 Å². The third-order valence-electron chi connectivity index (χ3n) is 2.99. The largest absolute Gasteiger partial charge is 0.508 e. The van der Waals surface area contributed by atoms with Crippen LogP contribution in [0.1, 0.15) is 15.9 Å². The Bertz CT molecular complexity index is 644. The molecule has 4 nitrogen and oxygen atoms in total. The molecule has 0 saturated carbocycles. The highest BCUT2D eigenvalue weighted by atomic mass is 16.5. The number of carbonyl (C=O) groups excluding carboxylic acids is 1. The fraction of sp³-hybridized carbons (Fsp3) is 0.167. The lowest BCUT2D eigenvalue weighted by atomic mass is 10.1. The van der Waals surface area contributed by atoms with Crippen LogP contribution in [0.4, 0.5) is 0 Å². The Kier molecular flexibility index (Phi) is 5.74. The van der Waals surface area contributed by atoms with Crippen LogP contribution in [0.2, 0.25) is 0 Å². The molecule has 0 aromatic heterocycles. The number of phenols is 1. The molecule has 22 heavy (non-hydrogen) atoms. The minimum atomic E-state index is -0.105. The minimum Gasteiger partial charge on any atom is -0.508 e. The maximum absolute atomic E-state index is 12.1. The molecule has 0 heterocycles. The number of benzene rings is 2. The van der Waals surface area contributed by atoms with E-state index in [1.807, 2.05) is 6.07 Å². The average molecular weight is 298 g/mol. The van der Waals surface area contributed by atoms with E-state index in [1.165, 1.54) is 6.08 Å². The molecular weight excluding hydrogens is 280 g/mol. The highest BCUT2D eigenvalue weighted by Gasteiger charge is 2.02. The molecule has 0 unspecified atom stereocenters. The first kappa shape index (κ1) is 15.8. The molecule has 0 saturated heterocycles. The second-order valence-electron chi connectivity index (χ2n) is 4.66. The van der Waals surface area contributed by atoms with Gasteiger partial charge in [0.05, 0.1) is 6.61 Å². The Morgan fingerprint density at radius 3 is 2.59 bits per heavy atom. The minimum absolute atomic E-state index is 0.105. The van der Waals surface area contributed by atoms with Crippen molar-refractivity contribution in [3.8, 4) is 11.5 Å². The predicted molar refractivity (Wildman–Crippen MR) is 85.3 cm³/mol. The molecule has 0 aliphatic carbocycles. The van der Waals surface area contributed by atoms with E-state index >= 15 is 0 Å². The molecular formula is C18H18O4. The number of methoxy groups -OCH3 is 1. The van der Waals surface area contributed by atoms with Crippen LogP contribution in [0.5, 0.6) is 11.5 Å². The van der Waals surface area contributed by atoms with E-state index < -0.39 is 0 Å². The van der Waals surface area contributed by atoms with Crippen LogP contribution in [-0.4, -0.2) is 31.2 Å². The monoisotopic (exact) mass is 298 g/mol. The van der Waals surface area contributed by atoms with Crippen LogP contribution in [0, 0.1) is 0 Å². The predicted octanol–water partition coefficient (Wildman–Crippen LogP) is 3.31. The lowest BCUT2D eigenvalue weighted by Gasteiger charge is -2.05. The first-order chi connectivity index (χ1) is 10.7. The second kappa shape index (κ2) is 8.00. The van der Waals surface area contributed by atoms with Crippen molar-refractivity contribution in [1.82, 2.24) is 0 Å². The molecule has 2 aromatic rings. The van der Waals surface area contributed by atoms with E-state index in [-0.39, 0.29) is 11.5 Å². The van der Waals surface area contributed by atoms with Gasteiger partial charge < -0.3 is 14.6 Å². The standard InChI is InChI=1S/C18H18O4/c1-21-11-12-22-17-8-6-15(7-9-17)18(20)10-5-14-3-2-4-16(19)13-14/h2-10,13,19H,11-12H2,1H3. The number of aromatic hydroxyl groups is 1. The van der Waals surface area contributed by atoms with Crippen molar-refractivity contribution in [2.75, 3.05) is 20.3 Å². The van der Waals surface area contributed by atoms with Gasteiger partial charge in [-0.3, -0.25) is 4.79 Å². The van der Waals surface area contributed by atoms with Crippen LogP contribution in [0.15, 0.2) is 54.6 Å². The molecule has 0 aliphatic heterocycles. The summed E-state index contributed by atoms with van der Waals surface area (Å²) in [6.45, 7) is 0.995. The summed E-state index contributed by atoms with van der Waals surface area (Å²) in [6.07, 6.45) is 3.15. The highest BCUT2D eigenvalue weighted by molar-refractivity contribution is 6.06. The molecule has 2 aromatic carbocycles. The third kappa shape index (κ3) is 4.75. The fourth-order valence-electron chi connectivity index (χ4n) is 1.85. The van der Waals surface area contributed by atoms with Crippen LogP contribution in [-0.2, 0) is 4.74 Å². The lowest BCUT2D eigenvalue weighted by molar-refractivity contribution is 0.104. The van der Waals surface area contributed by atoms with E-state index in [1.54, 1.807) is 55.7 Å². The summed E-state index contributed by atoms with van der Waals surface area (Å²) in [5, 5.41) is 9.37. The first-order valence-electron chi connectivity index (χ1n) is 6.92. The molecule has 0 spiro atoms. The SMILES string of the molecule is COCCOc1ccc(C(=O)C=Cc2cccc(O)c2)cc1. The number of carbonyl (C=O) groups is 1. The summed E-state index contributed by atoms with van der Waals surface area (Å²) in [7, 11) is 1.62. The number of hydrogen-bond donors (Lipinski definition) is 1. The van der Waals surface area contributed by atoms with E-state index in [2.05, 4.69) is 0 Å². The van der Waals surface area contributed by atoms with Gasteiger partial charge in [0.2, 0.25) is 0 Å². The summed E-state index contributed by atoms with van der Waals surface area (Å²) in [4.78, 5) is 12.1. The first-order valence-corrected chi connectivity index (χ1v) is 6.92. The van der Waals surface area contributed by atoms with Crippen molar-refractivity contribution < 1.29 is 19.4 Å². The van der Waals surface area contributed by atoms with Gasteiger partial charge in [-0.25, -0.2) is 0 Å². The van der Waals surface area contributed by atoms with Gasteiger partial charge >= 0.3 is 0 Å². The molecule has 4 heteroatoms. The Morgan fingerprint density at radius 2 is 1.91 bits per heavy atom. The van der Waals surface area contributed by atoms with Crippen LogP contribution in [0.3, 0.4) is 0 Å². The zero-order valence-corrected chi connectivity index (χ0v) is 12.4. The molecule has 0 radical (unpaired) electrons. The second-order valence-corrected chi connectivity index (χ2v) is 4.66. The number of phenolic OH excluding ortho intramolecular Hbond substituents is 1. The summed E-state index contributed by atoms with van der Waals surface area (Å²) in [5.74, 6) is 0.768. The maximum atomic E-state index is 12.1. The topological polar surface area (TPSA) is 55.8 Å². The molecule has 0 fully saturated rings. The lowest BCUT2D eigenvalue weighted by Crippen LogP contribution is -2.04. The molecule has 0 bridgehead atoms. The van der Waals surface area contributed by atoms with Gasteiger partial charge in [-0.05, 0) is 48.0 Å². The molecule has 1 N–H and O–H groups in total. The maximum Gasteiger partial charge on any atom is 0.185 e. The van der Waals surface area contributed by atoms with Crippen molar-refractivity contribution in [3.05, 3.63) is 65.7 Å². The van der Waals surface area contributed by atoms with Crippen molar-refractivity contribution in [2.45, 2.75) is 0 Å². The van der Waals surface area contributed by atoms with Crippen molar-refractivity contribution in [2.24, 2.45) is 0 Å². The Hall–Kier alpha value is -2.59. The van der Waals surface area contributed by atoms with Crippen LogP contribution < -0.4 is 4.74 Å². The van der Waals surface area contributed by atoms with Crippen molar-refractivity contribution in [1.29, 1.82) is 0 Å². The molecule has 0 atom stereocenters. The smallest absolute Gasteiger partial charge is 0.185 e. The summed E-state index contributed by atoms with van der Waals surface area (Å²) in [5.41, 5.74) is 1.35. The Labute approximate surface area is 129 Å². The molecule has 114 valence electrons. The Balaban J connectivity index is 1.97. The summed E-state index contributed by atoms with van der Waals surface area (Å²) < 4.78 is 10.3. The number of allylic oxidation sites excluding steroid dienone is 1.